The van der Waals surface area contributed by atoms with E-state index in [4.69, 9.17) is 4.52 Å². The van der Waals surface area contributed by atoms with E-state index in [1.54, 1.807) is 12.1 Å². The molecule has 1 amide bonds. The standard InChI is InChI=1S/C26H30FN5O2/c1-19-5-2-9-23(15-19)31-11-13-32(14-12-31)24(33)18-30-10-4-7-21(17-30)26-28-25(29-34-26)20-6-3-8-22(27)16-20/h2-3,5-6,8-9,15-16,21H,4,7,10-14,17-18H2,1H3. The minimum absolute atomic E-state index is 0.0783. The number of likely N-dealkylation sites (tertiary alicyclic amines) is 1. The van der Waals surface area contributed by atoms with Crippen LogP contribution in [0.3, 0.4) is 0 Å². The molecule has 1 aromatic heterocycles. The molecule has 7 nitrogen and oxygen atoms in total. The maximum atomic E-state index is 13.5. The molecule has 34 heavy (non-hydrogen) atoms. The van der Waals surface area contributed by atoms with Crippen molar-refractivity contribution in [2.75, 3.05) is 50.7 Å². The molecule has 0 bridgehead atoms. The number of carbonyl (C=O) groups excluding carboxylic acids is 1. The Morgan fingerprint density at radius 3 is 2.71 bits per heavy atom. The summed E-state index contributed by atoms with van der Waals surface area (Å²) >= 11 is 0. The van der Waals surface area contributed by atoms with E-state index in [-0.39, 0.29) is 17.6 Å². The van der Waals surface area contributed by atoms with Crippen molar-refractivity contribution >= 4 is 11.6 Å². The van der Waals surface area contributed by atoms with Crippen LogP contribution in [0.2, 0.25) is 0 Å². The minimum atomic E-state index is -0.328. The van der Waals surface area contributed by atoms with Crippen LogP contribution in [0.1, 0.15) is 30.2 Å². The quantitative estimate of drug-likeness (QED) is 0.575. The third-order valence-corrected chi connectivity index (χ3v) is 6.74. The molecule has 2 aromatic carbocycles. The first-order valence-corrected chi connectivity index (χ1v) is 12.0. The summed E-state index contributed by atoms with van der Waals surface area (Å²) in [6, 6.07) is 14.7. The molecule has 0 aliphatic carbocycles. The molecule has 3 aromatic rings. The molecule has 1 atom stereocenters. The summed E-state index contributed by atoms with van der Waals surface area (Å²) in [6.07, 6.45) is 1.90. The molecular weight excluding hydrogens is 433 g/mol. The number of aryl methyl sites for hydroxylation is 1. The molecule has 2 aliphatic heterocycles. The molecular formula is C26H30FN5O2. The molecule has 0 N–H and O–H groups in total. The zero-order chi connectivity index (χ0) is 23.5. The maximum Gasteiger partial charge on any atom is 0.236 e. The van der Waals surface area contributed by atoms with Crippen LogP contribution in [-0.4, -0.2) is 71.7 Å². The van der Waals surface area contributed by atoms with E-state index in [9.17, 15) is 9.18 Å². The van der Waals surface area contributed by atoms with Gasteiger partial charge in [-0.1, -0.05) is 29.4 Å². The average Bonchev–Trinajstić information content (AvgIpc) is 3.35. The van der Waals surface area contributed by atoms with Crippen LogP contribution in [0.15, 0.2) is 53.1 Å². The molecule has 2 saturated heterocycles. The van der Waals surface area contributed by atoms with Gasteiger partial charge < -0.3 is 14.3 Å². The highest BCUT2D eigenvalue weighted by atomic mass is 19.1. The van der Waals surface area contributed by atoms with Crippen LogP contribution in [0.5, 0.6) is 0 Å². The number of amides is 1. The maximum absolute atomic E-state index is 13.5. The molecule has 8 heteroatoms. The van der Waals surface area contributed by atoms with Gasteiger partial charge in [0.2, 0.25) is 17.6 Å². The van der Waals surface area contributed by atoms with Crippen molar-refractivity contribution in [3.8, 4) is 11.4 Å². The summed E-state index contributed by atoms with van der Waals surface area (Å²) in [7, 11) is 0. The Morgan fingerprint density at radius 1 is 1.09 bits per heavy atom. The lowest BCUT2D eigenvalue weighted by molar-refractivity contribution is -0.133. The number of aromatic nitrogens is 2. The van der Waals surface area contributed by atoms with Gasteiger partial charge in [-0.3, -0.25) is 9.69 Å². The average molecular weight is 464 g/mol. The van der Waals surface area contributed by atoms with E-state index >= 15 is 0 Å². The second-order valence-corrected chi connectivity index (χ2v) is 9.25. The lowest BCUT2D eigenvalue weighted by Crippen LogP contribution is -2.52. The number of hydrogen-bond donors (Lipinski definition) is 0. The summed E-state index contributed by atoms with van der Waals surface area (Å²) in [4.78, 5) is 24.0. The number of rotatable bonds is 5. The molecule has 178 valence electrons. The van der Waals surface area contributed by atoms with E-state index in [1.165, 1.54) is 23.4 Å². The van der Waals surface area contributed by atoms with Crippen molar-refractivity contribution in [1.82, 2.24) is 19.9 Å². The van der Waals surface area contributed by atoms with Gasteiger partial charge in [-0.2, -0.15) is 4.98 Å². The highest BCUT2D eigenvalue weighted by molar-refractivity contribution is 5.78. The number of carbonyl (C=O) groups is 1. The third kappa shape index (κ3) is 5.12. The molecule has 0 saturated carbocycles. The van der Waals surface area contributed by atoms with Crippen molar-refractivity contribution in [3.63, 3.8) is 0 Å². The Bertz CT molecular complexity index is 1140. The number of piperidine rings is 1. The predicted octanol–water partition coefficient (Wildman–Crippen LogP) is 3.71. The second kappa shape index (κ2) is 9.93. The van der Waals surface area contributed by atoms with Gasteiger partial charge in [0.25, 0.3) is 0 Å². The zero-order valence-corrected chi connectivity index (χ0v) is 19.5. The number of piperazine rings is 1. The summed E-state index contributed by atoms with van der Waals surface area (Å²) in [5, 5.41) is 4.05. The Morgan fingerprint density at radius 2 is 1.91 bits per heavy atom. The van der Waals surface area contributed by atoms with Gasteiger partial charge in [0.05, 0.1) is 12.5 Å². The number of nitrogens with zero attached hydrogens (tertiary/aromatic N) is 5. The van der Waals surface area contributed by atoms with Crippen LogP contribution in [0.25, 0.3) is 11.4 Å². The Balaban J connectivity index is 1.15. The molecule has 2 fully saturated rings. The van der Waals surface area contributed by atoms with E-state index in [2.05, 4.69) is 51.1 Å². The SMILES string of the molecule is Cc1cccc(N2CCN(C(=O)CN3CCCC(c4nc(-c5cccc(F)c5)no4)C3)CC2)c1. The van der Waals surface area contributed by atoms with Gasteiger partial charge >= 0.3 is 0 Å². The zero-order valence-electron chi connectivity index (χ0n) is 19.5. The minimum Gasteiger partial charge on any atom is -0.368 e. The Kier molecular flexibility index (Phi) is 6.58. The van der Waals surface area contributed by atoms with Crippen molar-refractivity contribution in [2.45, 2.75) is 25.7 Å². The summed E-state index contributed by atoms with van der Waals surface area (Å²) < 4.78 is 19.1. The summed E-state index contributed by atoms with van der Waals surface area (Å²) in [5.74, 6) is 0.883. The smallest absolute Gasteiger partial charge is 0.236 e. The fraction of sp³-hybridized carbons (Fsp3) is 0.423. The van der Waals surface area contributed by atoms with Gasteiger partial charge in [0.1, 0.15) is 5.82 Å². The Labute approximate surface area is 199 Å². The van der Waals surface area contributed by atoms with Crippen LogP contribution in [0, 0.1) is 12.7 Å². The van der Waals surface area contributed by atoms with E-state index in [0.717, 1.165) is 45.6 Å². The molecule has 2 aliphatic rings. The number of benzene rings is 2. The highest BCUT2D eigenvalue weighted by Gasteiger charge is 2.29. The van der Waals surface area contributed by atoms with Gasteiger partial charge in [0.15, 0.2) is 0 Å². The largest absolute Gasteiger partial charge is 0.368 e. The first-order valence-electron chi connectivity index (χ1n) is 12.0. The number of anilines is 1. The van der Waals surface area contributed by atoms with Gasteiger partial charge in [-0.05, 0) is 56.1 Å². The lowest BCUT2D eigenvalue weighted by Gasteiger charge is -2.38. The third-order valence-electron chi connectivity index (χ3n) is 6.74. The van der Waals surface area contributed by atoms with Crippen molar-refractivity contribution < 1.29 is 13.7 Å². The van der Waals surface area contributed by atoms with Crippen LogP contribution < -0.4 is 4.90 Å². The van der Waals surface area contributed by atoms with Gasteiger partial charge in [-0.15, -0.1) is 0 Å². The van der Waals surface area contributed by atoms with Crippen LogP contribution in [0.4, 0.5) is 10.1 Å². The topological polar surface area (TPSA) is 65.7 Å². The normalized spacial score (nSPS) is 19.4. The van der Waals surface area contributed by atoms with Gasteiger partial charge in [0, 0.05) is 44.0 Å². The lowest BCUT2D eigenvalue weighted by atomic mass is 9.98. The Hall–Kier alpha value is -3.26. The second-order valence-electron chi connectivity index (χ2n) is 9.25. The number of halogens is 1. The van der Waals surface area contributed by atoms with Gasteiger partial charge in [-0.25, -0.2) is 4.39 Å². The molecule has 3 heterocycles. The van der Waals surface area contributed by atoms with Crippen molar-refractivity contribution in [2.24, 2.45) is 0 Å². The fourth-order valence-electron chi connectivity index (χ4n) is 4.88. The molecule has 5 rings (SSSR count). The highest BCUT2D eigenvalue weighted by Crippen LogP contribution is 2.28. The first-order chi connectivity index (χ1) is 16.5. The van der Waals surface area contributed by atoms with Crippen molar-refractivity contribution in [1.29, 1.82) is 0 Å². The van der Waals surface area contributed by atoms with E-state index in [0.29, 0.717) is 30.4 Å². The predicted molar refractivity (Wildman–Crippen MR) is 128 cm³/mol. The monoisotopic (exact) mass is 463 g/mol. The van der Waals surface area contributed by atoms with Crippen LogP contribution >= 0.6 is 0 Å². The number of hydrogen-bond acceptors (Lipinski definition) is 6. The molecule has 0 spiro atoms. The van der Waals surface area contributed by atoms with E-state index in [1.807, 2.05) is 4.90 Å². The van der Waals surface area contributed by atoms with E-state index < -0.39 is 0 Å². The summed E-state index contributed by atoms with van der Waals surface area (Å²) in [5.41, 5.74) is 3.07. The fourth-order valence-corrected chi connectivity index (χ4v) is 4.88. The van der Waals surface area contributed by atoms with Crippen molar-refractivity contribution in [3.05, 3.63) is 65.8 Å². The summed E-state index contributed by atoms with van der Waals surface area (Å²) in [6.45, 7) is 7.29. The first kappa shape index (κ1) is 22.5. The molecule has 0 radical (unpaired) electrons. The molecule has 1 unspecified atom stereocenters. The van der Waals surface area contributed by atoms with Crippen LogP contribution in [-0.2, 0) is 4.79 Å².